The Balaban J connectivity index is 1.78. The molecule has 1 atom stereocenters. The summed E-state index contributed by atoms with van der Waals surface area (Å²) in [5.41, 5.74) is 6.35. The molecule has 0 spiro atoms. The average Bonchev–Trinajstić information content (AvgIpc) is 2.73. The Morgan fingerprint density at radius 2 is 1.88 bits per heavy atom. The predicted octanol–water partition coefficient (Wildman–Crippen LogP) is 1.95. The Morgan fingerprint density at radius 3 is 2.38 bits per heavy atom. The maximum atomic E-state index is 11.9. The number of carbonyl (C=O) groups excluding carboxylic acids is 1. The molecule has 0 aromatic heterocycles. The molecule has 3 heteroatoms. The quantitative estimate of drug-likeness (QED) is 0.770. The van der Waals surface area contributed by atoms with Crippen molar-refractivity contribution in [3.63, 3.8) is 0 Å². The third kappa shape index (κ3) is 2.76. The molecule has 2 aliphatic carbocycles. The maximum Gasteiger partial charge on any atom is 0.222 e. The zero-order valence-electron chi connectivity index (χ0n) is 10.5. The van der Waals surface area contributed by atoms with Crippen molar-refractivity contribution in [2.24, 2.45) is 11.1 Å². The lowest BCUT2D eigenvalue weighted by atomic mass is 9.80. The molecule has 1 amide bonds. The summed E-state index contributed by atoms with van der Waals surface area (Å²) in [6.07, 6.45) is 7.27. The van der Waals surface area contributed by atoms with Gasteiger partial charge in [0.05, 0.1) is 0 Å². The van der Waals surface area contributed by atoms with Gasteiger partial charge in [-0.25, -0.2) is 0 Å². The van der Waals surface area contributed by atoms with Gasteiger partial charge < -0.3 is 11.1 Å². The normalized spacial score (nSPS) is 30.8. The van der Waals surface area contributed by atoms with Gasteiger partial charge in [0.2, 0.25) is 5.91 Å². The van der Waals surface area contributed by atoms with E-state index < -0.39 is 0 Å². The topological polar surface area (TPSA) is 55.1 Å². The first-order valence-corrected chi connectivity index (χ1v) is 6.50. The van der Waals surface area contributed by atoms with Crippen molar-refractivity contribution in [2.75, 3.05) is 0 Å². The summed E-state index contributed by atoms with van der Waals surface area (Å²) in [4.78, 5) is 11.9. The molecule has 2 fully saturated rings. The predicted molar refractivity (Wildman–Crippen MR) is 64.9 cm³/mol. The summed E-state index contributed by atoms with van der Waals surface area (Å²) in [6, 6.07) is 0.382. The van der Waals surface area contributed by atoms with Crippen LogP contribution in [0.5, 0.6) is 0 Å². The molecule has 0 aromatic carbocycles. The Kier molecular flexibility index (Phi) is 2.99. The molecule has 2 aliphatic rings. The Bertz CT molecular complexity index is 280. The second kappa shape index (κ2) is 4.02. The Morgan fingerprint density at radius 1 is 1.31 bits per heavy atom. The van der Waals surface area contributed by atoms with E-state index in [-0.39, 0.29) is 11.4 Å². The van der Waals surface area contributed by atoms with E-state index >= 15 is 0 Å². The summed E-state index contributed by atoms with van der Waals surface area (Å²) >= 11 is 0. The third-order valence-corrected chi connectivity index (χ3v) is 4.21. The standard InChI is InChI=1S/C13H24N2O/c1-12(2)8-10(12)15-11(16)9-13(14)6-4-3-5-7-13/h10H,3-9,14H2,1-2H3,(H,15,16). The minimum absolute atomic E-state index is 0.153. The van der Waals surface area contributed by atoms with E-state index in [1.807, 2.05) is 0 Å². The lowest BCUT2D eigenvalue weighted by molar-refractivity contribution is -0.122. The van der Waals surface area contributed by atoms with Gasteiger partial charge in [0.15, 0.2) is 0 Å². The van der Waals surface area contributed by atoms with Crippen LogP contribution in [0.25, 0.3) is 0 Å². The van der Waals surface area contributed by atoms with Crippen molar-refractivity contribution in [1.82, 2.24) is 5.32 Å². The second-order valence-corrected chi connectivity index (χ2v) is 6.41. The van der Waals surface area contributed by atoms with Crippen LogP contribution in [-0.2, 0) is 4.79 Å². The van der Waals surface area contributed by atoms with E-state index in [4.69, 9.17) is 5.73 Å². The maximum absolute atomic E-state index is 11.9. The van der Waals surface area contributed by atoms with E-state index in [2.05, 4.69) is 19.2 Å². The van der Waals surface area contributed by atoms with E-state index in [1.54, 1.807) is 0 Å². The molecule has 16 heavy (non-hydrogen) atoms. The van der Waals surface area contributed by atoms with Gasteiger partial charge in [-0.3, -0.25) is 4.79 Å². The van der Waals surface area contributed by atoms with Crippen LogP contribution in [0.15, 0.2) is 0 Å². The minimum Gasteiger partial charge on any atom is -0.353 e. The van der Waals surface area contributed by atoms with E-state index in [1.165, 1.54) is 19.3 Å². The molecule has 2 saturated carbocycles. The smallest absolute Gasteiger partial charge is 0.222 e. The van der Waals surface area contributed by atoms with Gasteiger partial charge in [-0.15, -0.1) is 0 Å². The average molecular weight is 224 g/mol. The van der Waals surface area contributed by atoms with Gasteiger partial charge in [-0.05, 0) is 24.7 Å². The SMILES string of the molecule is CC1(C)CC1NC(=O)CC1(N)CCCCC1. The highest BCUT2D eigenvalue weighted by atomic mass is 16.1. The molecule has 0 bridgehead atoms. The molecular weight excluding hydrogens is 200 g/mol. The molecule has 1 unspecified atom stereocenters. The number of carbonyl (C=O) groups is 1. The van der Waals surface area contributed by atoms with Crippen LogP contribution in [0.4, 0.5) is 0 Å². The van der Waals surface area contributed by atoms with Gasteiger partial charge in [0, 0.05) is 18.0 Å². The fourth-order valence-electron chi connectivity index (χ4n) is 2.71. The first-order chi connectivity index (χ1) is 7.41. The number of nitrogens with one attached hydrogen (secondary N) is 1. The van der Waals surface area contributed by atoms with Crippen LogP contribution >= 0.6 is 0 Å². The number of hydrogen-bond acceptors (Lipinski definition) is 2. The van der Waals surface area contributed by atoms with Crippen LogP contribution in [0.2, 0.25) is 0 Å². The highest BCUT2D eigenvalue weighted by Gasteiger charge is 2.47. The number of amides is 1. The lowest BCUT2D eigenvalue weighted by Crippen LogP contribution is -2.46. The highest BCUT2D eigenvalue weighted by molar-refractivity contribution is 5.78. The highest BCUT2D eigenvalue weighted by Crippen LogP contribution is 2.44. The molecule has 0 aliphatic heterocycles. The molecule has 0 heterocycles. The van der Waals surface area contributed by atoms with Crippen molar-refractivity contribution in [1.29, 1.82) is 0 Å². The van der Waals surface area contributed by atoms with Gasteiger partial charge >= 0.3 is 0 Å². The van der Waals surface area contributed by atoms with E-state index in [0.29, 0.717) is 17.9 Å². The van der Waals surface area contributed by atoms with Gasteiger partial charge in [-0.2, -0.15) is 0 Å². The van der Waals surface area contributed by atoms with Gasteiger partial charge in [-0.1, -0.05) is 33.1 Å². The fourth-order valence-corrected chi connectivity index (χ4v) is 2.71. The molecule has 92 valence electrons. The van der Waals surface area contributed by atoms with E-state index in [9.17, 15) is 4.79 Å². The van der Waals surface area contributed by atoms with Crippen LogP contribution in [0.3, 0.4) is 0 Å². The van der Waals surface area contributed by atoms with Gasteiger partial charge in [0.1, 0.15) is 0 Å². The molecular formula is C13H24N2O. The third-order valence-electron chi connectivity index (χ3n) is 4.21. The molecule has 3 N–H and O–H groups in total. The summed E-state index contributed by atoms with van der Waals surface area (Å²) in [6.45, 7) is 4.38. The number of rotatable bonds is 3. The number of nitrogens with two attached hydrogens (primary N) is 1. The summed E-state index contributed by atoms with van der Waals surface area (Å²) in [5.74, 6) is 0.153. The zero-order valence-corrected chi connectivity index (χ0v) is 10.5. The summed E-state index contributed by atoms with van der Waals surface area (Å²) in [7, 11) is 0. The molecule has 0 aromatic rings. The van der Waals surface area contributed by atoms with Crippen LogP contribution in [0, 0.1) is 5.41 Å². The van der Waals surface area contributed by atoms with Crippen LogP contribution < -0.4 is 11.1 Å². The summed E-state index contributed by atoms with van der Waals surface area (Å²) in [5, 5.41) is 3.10. The first kappa shape index (κ1) is 11.9. The fraction of sp³-hybridized carbons (Fsp3) is 0.923. The molecule has 0 saturated heterocycles. The monoisotopic (exact) mass is 224 g/mol. The minimum atomic E-state index is -0.221. The van der Waals surface area contributed by atoms with Crippen LogP contribution in [0.1, 0.15) is 58.8 Å². The Hall–Kier alpha value is -0.570. The van der Waals surface area contributed by atoms with Crippen molar-refractivity contribution < 1.29 is 4.79 Å². The van der Waals surface area contributed by atoms with Crippen molar-refractivity contribution in [2.45, 2.75) is 70.4 Å². The van der Waals surface area contributed by atoms with Crippen LogP contribution in [-0.4, -0.2) is 17.5 Å². The van der Waals surface area contributed by atoms with Crippen molar-refractivity contribution in [3.05, 3.63) is 0 Å². The van der Waals surface area contributed by atoms with Crippen molar-refractivity contribution in [3.8, 4) is 0 Å². The summed E-state index contributed by atoms with van der Waals surface area (Å²) < 4.78 is 0. The van der Waals surface area contributed by atoms with E-state index in [0.717, 1.165) is 19.3 Å². The zero-order chi connectivity index (χ0) is 11.8. The Labute approximate surface area is 98.2 Å². The van der Waals surface area contributed by atoms with Crippen molar-refractivity contribution >= 4 is 5.91 Å². The lowest BCUT2D eigenvalue weighted by Gasteiger charge is -2.32. The van der Waals surface area contributed by atoms with Gasteiger partial charge in [0.25, 0.3) is 0 Å². The number of hydrogen-bond donors (Lipinski definition) is 2. The molecule has 3 nitrogen and oxygen atoms in total. The second-order valence-electron chi connectivity index (χ2n) is 6.41. The first-order valence-electron chi connectivity index (χ1n) is 6.50. The molecule has 2 rings (SSSR count). The largest absolute Gasteiger partial charge is 0.353 e. The molecule has 0 radical (unpaired) electrons.